The number of amides is 1. The maximum atomic E-state index is 11.7. The largest absolute Gasteiger partial charge is 0.481 e. The maximum absolute atomic E-state index is 11.7. The van der Waals surface area contributed by atoms with Gasteiger partial charge in [0.2, 0.25) is 5.88 Å². The second-order valence-electron chi connectivity index (χ2n) is 6.58. The third kappa shape index (κ3) is 4.98. The Labute approximate surface area is 143 Å². The molecule has 0 aliphatic carbocycles. The normalized spacial score (nSPS) is 11.0. The van der Waals surface area contributed by atoms with Crippen LogP contribution in [0.4, 0.5) is 4.79 Å². The van der Waals surface area contributed by atoms with Gasteiger partial charge in [-0.05, 0) is 39.3 Å². The highest BCUT2D eigenvalue weighted by atomic mass is 16.6. The van der Waals surface area contributed by atoms with Crippen molar-refractivity contribution in [3.05, 3.63) is 47.5 Å². The van der Waals surface area contributed by atoms with Gasteiger partial charge < -0.3 is 14.8 Å². The van der Waals surface area contributed by atoms with Crippen molar-refractivity contribution in [3.63, 3.8) is 0 Å². The number of hydrogen-bond donors (Lipinski definition) is 1. The second kappa shape index (κ2) is 7.34. The molecule has 2 rings (SSSR count). The number of pyridine rings is 1. The van der Waals surface area contributed by atoms with E-state index in [2.05, 4.69) is 10.3 Å². The van der Waals surface area contributed by atoms with Gasteiger partial charge in [0.15, 0.2) is 0 Å². The van der Waals surface area contributed by atoms with Crippen molar-refractivity contribution >= 4 is 6.09 Å². The molecule has 5 heteroatoms. The fourth-order valence-corrected chi connectivity index (χ4v) is 2.16. The lowest BCUT2D eigenvalue weighted by atomic mass is 10.1. The molecule has 128 valence electrons. The number of hydrogen-bond acceptors (Lipinski definition) is 4. The Hall–Kier alpha value is -2.56. The van der Waals surface area contributed by atoms with Crippen molar-refractivity contribution in [2.45, 2.75) is 39.8 Å². The van der Waals surface area contributed by atoms with Gasteiger partial charge in [-0.2, -0.15) is 0 Å². The predicted octanol–water partition coefficient (Wildman–Crippen LogP) is 4.09. The first-order valence-corrected chi connectivity index (χ1v) is 7.86. The van der Waals surface area contributed by atoms with Crippen LogP contribution in [0.15, 0.2) is 36.4 Å². The molecule has 0 atom stereocenters. The van der Waals surface area contributed by atoms with Crippen LogP contribution in [0.25, 0.3) is 11.3 Å². The van der Waals surface area contributed by atoms with Gasteiger partial charge in [-0.25, -0.2) is 9.78 Å². The zero-order valence-corrected chi connectivity index (χ0v) is 14.8. The Morgan fingerprint density at radius 1 is 1.12 bits per heavy atom. The number of aromatic nitrogens is 1. The molecule has 1 aromatic carbocycles. The molecule has 1 aromatic heterocycles. The fraction of sp³-hybridized carbons (Fsp3) is 0.368. The van der Waals surface area contributed by atoms with Crippen molar-refractivity contribution < 1.29 is 14.3 Å². The number of nitrogens with zero attached hydrogens (tertiary/aromatic N) is 1. The minimum atomic E-state index is -0.496. The van der Waals surface area contributed by atoms with Gasteiger partial charge in [-0.15, -0.1) is 0 Å². The Bertz CT molecular complexity index is 704. The van der Waals surface area contributed by atoms with Crippen LogP contribution < -0.4 is 10.1 Å². The number of carbonyl (C=O) groups excluding carboxylic acids is 1. The average molecular weight is 328 g/mol. The van der Waals surface area contributed by atoms with Crippen LogP contribution >= 0.6 is 0 Å². The van der Waals surface area contributed by atoms with E-state index in [4.69, 9.17) is 9.47 Å². The lowest BCUT2D eigenvalue weighted by molar-refractivity contribution is 0.0523. The molecule has 0 unspecified atom stereocenters. The zero-order valence-electron chi connectivity index (χ0n) is 14.8. The first-order valence-electron chi connectivity index (χ1n) is 7.86. The van der Waals surface area contributed by atoms with E-state index < -0.39 is 11.7 Å². The summed E-state index contributed by atoms with van der Waals surface area (Å²) in [6.45, 7) is 7.89. The van der Waals surface area contributed by atoms with Crippen LogP contribution in [0, 0.1) is 6.92 Å². The van der Waals surface area contributed by atoms with Gasteiger partial charge >= 0.3 is 6.09 Å². The van der Waals surface area contributed by atoms with Crippen molar-refractivity contribution in [2.24, 2.45) is 0 Å². The fourth-order valence-electron chi connectivity index (χ4n) is 2.16. The topological polar surface area (TPSA) is 60.5 Å². The molecule has 1 N–H and O–H groups in total. The van der Waals surface area contributed by atoms with Crippen molar-refractivity contribution in [1.82, 2.24) is 10.3 Å². The summed E-state index contributed by atoms with van der Waals surface area (Å²) in [4.78, 5) is 16.2. The van der Waals surface area contributed by atoms with Crippen molar-refractivity contribution in [1.29, 1.82) is 0 Å². The summed E-state index contributed by atoms with van der Waals surface area (Å²) >= 11 is 0. The molecular weight excluding hydrogens is 304 g/mol. The molecule has 1 heterocycles. The zero-order chi connectivity index (χ0) is 17.7. The summed E-state index contributed by atoms with van der Waals surface area (Å²) in [5.74, 6) is 0.628. The van der Waals surface area contributed by atoms with Gasteiger partial charge in [0.05, 0.1) is 12.8 Å². The number of nitrogens with one attached hydrogen (secondary N) is 1. The number of carbonyl (C=O) groups is 1. The average Bonchev–Trinajstić information content (AvgIpc) is 2.52. The maximum Gasteiger partial charge on any atom is 0.407 e. The third-order valence-corrected chi connectivity index (χ3v) is 3.33. The molecule has 0 fully saturated rings. The summed E-state index contributed by atoms with van der Waals surface area (Å²) in [5, 5.41) is 2.74. The summed E-state index contributed by atoms with van der Waals surface area (Å²) in [5.41, 5.74) is 3.34. The van der Waals surface area contributed by atoms with E-state index in [-0.39, 0.29) is 0 Å². The Morgan fingerprint density at radius 3 is 2.38 bits per heavy atom. The van der Waals surface area contributed by atoms with Gasteiger partial charge in [0, 0.05) is 17.7 Å². The lowest BCUT2D eigenvalue weighted by Crippen LogP contribution is -2.32. The Balaban J connectivity index is 2.02. The SMILES string of the molecule is COc1nc(-c2ccc(CNC(=O)OC(C)(C)C)cc2)ccc1C. The van der Waals surface area contributed by atoms with E-state index in [1.54, 1.807) is 7.11 Å². The van der Waals surface area contributed by atoms with Gasteiger partial charge in [-0.1, -0.05) is 30.3 Å². The Morgan fingerprint density at radius 2 is 1.79 bits per heavy atom. The van der Waals surface area contributed by atoms with E-state index in [1.165, 1.54) is 0 Å². The molecule has 1 amide bonds. The standard InChI is InChI=1S/C19H24N2O3/c1-13-6-11-16(21-17(13)23-5)15-9-7-14(8-10-15)12-20-18(22)24-19(2,3)4/h6-11H,12H2,1-5H3,(H,20,22). The van der Waals surface area contributed by atoms with Gasteiger partial charge in [0.25, 0.3) is 0 Å². The first-order chi connectivity index (χ1) is 11.3. The first kappa shape index (κ1) is 17.8. The smallest absolute Gasteiger partial charge is 0.407 e. The quantitative estimate of drug-likeness (QED) is 0.918. The van der Waals surface area contributed by atoms with E-state index in [9.17, 15) is 4.79 Å². The van der Waals surface area contributed by atoms with E-state index in [0.717, 1.165) is 22.4 Å². The molecular formula is C19H24N2O3. The molecule has 0 saturated carbocycles. The minimum Gasteiger partial charge on any atom is -0.481 e. The number of ether oxygens (including phenoxy) is 2. The molecule has 24 heavy (non-hydrogen) atoms. The molecule has 2 aromatic rings. The minimum absolute atomic E-state index is 0.417. The van der Waals surface area contributed by atoms with Crippen LogP contribution in [0.1, 0.15) is 31.9 Å². The highest BCUT2D eigenvalue weighted by Crippen LogP contribution is 2.23. The number of methoxy groups -OCH3 is 1. The van der Waals surface area contributed by atoms with E-state index >= 15 is 0 Å². The van der Waals surface area contributed by atoms with E-state index in [0.29, 0.717) is 12.4 Å². The monoisotopic (exact) mass is 328 g/mol. The van der Waals surface area contributed by atoms with Gasteiger partial charge in [0.1, 0.15) is 5.60 Å². The molecule has 0 spiro atoms. The summed E-state index contributed by atoms with van der Waals surface area (Å²) in [6.07, 6.45) is -0.420. The van der Waals surface area contributed by atoms with Gasteiger partial charge in [-0.3, -0.25) is 0 Å². The summed E-state index contributed by atoms with van der Waals surface area (Å²) in [7, 11) is 1.62. The van der Waals surface area contributed by atoms with Crippen LogP contribution in [0.3, 0.4) is 0 Å². The molecule has 0 radical (unpaired) electrons. The summed E-state index contributed by atoms with van der Waals surface area (Å²) in [6, 6.07) is 11.8. The number of alkyl carbamates (subject to hydrolysis) is 1. The van der Waals surface area contributed by atoms with E-state index in [1.807, 2.05) is 64.1 Å². The van der Waals surface area contributed by atoms with Crippen LogP contribution in [0.5, 0.6) is 5.88 Å². The molecule has 0 aliphatic rings. The number of rotatable bonds is 4. The molecule has 5 nitrogen and oxygen atoms in total. The van der Waals surface area contributed by atoms with Crippen LogP contribution in [-0.4, -0.2) is 23.8 Å². The molecule has 0 saturated heterocycles. The number of benzene rings is 1. The highest BCUT2D eigenvalue weighted by molar-refractivity contribution is 5.67. The number of aryl methyl sites for hydroxylation is 1. The van der Waals surface area contributed by atoms with Crippen molar-refractivity contribution in [3.8, 4) is 17.1 Å². The predicted molar refractivity (Wildman–Crippen MR) is 94.0 cm³/mol. The second-order valence-corrected chi connectivity index (χ2v) is 6.58. The third-order valence-electron chi connectivity index (χ3n) is 3.33. The van der Waals surface area contributed by atoms with Crippen LogP contribution in [-0.2, 0) is 11.3 Å². The van der Waals surface area contributed by atoms with Crippen molar-refractivity contribution in [2.75, 3.05) is 7.11 Å². The summed E-state index contributed by atoms with van der Waals surface area (Å²) < 4.78 is 10.5. The Kier molecular flexibility index (Phi) is 5.44. The molecule has 0 bridgehead atoms. The highest BCUT2D eigenvalue weighted by Gasteiger charge is 2.15. The lowest BCUT2D eigenvalue weighted by Gasteiger charge is -2.19. The molecule has 0 aliphatic heterocycles. The van der Waals surface area contributed by atoms with Crippen LogP contribution in [0.2, 0.25) is 0 Å².